The summed E-state index contributed by atoms with van der Waals surface area (Å²) in [5.41, 5.74) is 1.31. The average molecular weight is 380 g/mol. The maximum atomic E-state index is 13.3. The third-order valence-corrected chi connectivity index (χ3v) is 4.84. The van der Waals surface area contributed by atoms with Crippen LogP contribution in [0.1, 0.15) is 6.92 Å². The Bertz CT molecular complexity index is 794. The SMILES string of the molecule is C[C@@H](C(=O)Nc1ccc(F)c(F)c1)N1CCN(c2cccc(Cl)c2)CC1. The van der Waals surface area contributed by atoms with Gasteiger partial charge in [0.15, 0.2) is 11.6 Å². The van der Waals surface area contributed by atoms with Crippen LogP contribution in [0.25, 0.3) is 0 Å². The Hall–Kier alpha value is -2.18. The van der Waals surface area contributed by atoms with Gasteiger partial charge in [0.05, 0.1) is 6.04 Å². The molecule has 26 heavy (non-hydrogen) atoms. The topological polar surface area (TPSA) is 35.6 Å². The highest BCUT2D eigenvalue weighted by molar-refractivity contribution is 6.30. The summed E-state index contributed by atoms with van der Waals surface area (Å²) in [6.07, 6.45) is 0. The van der Waals surface area contributed by atoms with Crippen LogP contribution in [0.2, 0.25) is 5.02 Å². The first kappa shape index (κ1) is 18.6. The van der Waals surface area contributed by atoms with Crippen molar-refractivity contribution in [3.63, 3.8) is 0 Å². The van der Waals surface area contributed by atoms with E-state index in [4.69, 9.17) is 11.6 Å². The van der Waals surface area contributed by atoms with E-state index in [2.05, 4.69) is 15.1 Å². The number of hydrogen-bond acceptors (Lipinski definition) is 3. The molecule has 2 aromatic rings. The van der Waals surface area contributed by atoms with Gasteiger partial charge in [-0.15, -0.1) is 0 Å². The molecule has 0 saturated carbocycles. The predicted octanol–water partition coefficient (Wildman–Crippen LogP) is 3.77. The van der Waals surface area contributed by atoms with Crippen molar-refractivity contribution in [2.45, 2.75) is 13.0 Å². The van der Waals surface area contributed by atoms with Gasteiger partial charge in [-0.3, -0.25) is 9.69 Å². The fourth-order valence-electron chi connectivity index (χ4n) is 3.03. The minimum absolute atomic E-state index is 0.243. The second kappa shape index (κ2) is 8.01. The molecule has 0 aliphatic carbocycles. The Morgan fingerprint density at radius 3 is 2.46 bits per heavy atom. The van der Waals surface area contributed by atoms with E-state index in [0.717, 1.165) is 44.0 Å². The summed E-state index contributed by atoms with van der Waals surface area (Å²) in [4.78, 5) is 16.7. The van der Waals surface area contributed by atoms with Gasteiger partial charge in [0.1, 0.15) is 0 Å². The number of anilines is 2. The maximum absolute atomic E-state index is 13.3. The minimum atomic E-state index is -0.981. The number of carbonyl (C=O) groups excluding carboxylic acids is 1. The second-order valence-corrected chi connectivity index (χ2v) is 6.73. The minimum Gasteiger partial charge on any atom is -0.369 e. The molecule has 1 amide bonds. The molecular formula is C19H20ClF2N3O. The van der Waals surface area contributed by atoms with Crippen LogP contribution in [0.15, 0.2) is 42.5 Å². The Labute approximate surface area is 156 Å². The van der Waals surface area contributed by atoms with Crippen molar-refractivity contribution in [1.82, 2.24) is 4.90 Å². The van der Waals surface area contributed by atoms with Crippen LogP contribution < -0.4 is 10.2 Å². The molecule has 1 N–H and O–H groups in total. The molecule has 1 aliphatic rings. The molecule has 0 bridgehead atoms. The molecule has 1 heterocycles. The molecule has 138 valence electrons. The van der Waals surface area contributed by atoms with E-state index in [1.807, 2.05) is 31.2 Å². The summed E-state index contributed by atoms with van der Waals surface area (Å²) in [5, 5.41) is 3.34. The zero-order chi connectivity index (χ0) is 18.7. The number of hydrogen-bond donors (Lipinski definition) is 1. The van der Waals surface area contributed by atoms with E-state index in [1.165, 1.54) is 6.07 Å². The van der Waals surface area contributed by atoms with Crippen molar-refractivity contribution in [2.24, 2.45) is 0 Å². The molecule has 0 aromatic heterocycles. The summed E-state index contributed by atoms with van der Waals surface area (Å²) < 4.78 is 26.2. The summed E-state index contributed by atoms with van der Waals surface area (Å²) in [6, 6.07) is 10.7. The monoisotopic (exact) mass is 379 g/mol. The van der Waals surface area contributed by atoms with Gasteiger partial charge in [0.2, 0.25) is 5.91 Å². The van der Waals surface area contributed by atoms with Crippen LogP contribution in [0.5, 0.6) is 0 Å². The van der Waals surface area contributed by atoms with E-state index < -0.39 is 11.6 Å². The summed E-state index contributed by atoms with van der Waals surface area (Å²) in [6.45, 7) is 4.81. The van der Waals surface area contributed by atoms with Crippen molar-refractivity contribution >= 4 is 28.9 Å². The number of halogens is 3. The van der Waals surface area contributed by atoms with Crippen molar-refractivity contribution in [3.8, 4) is 0 Å². The first-order chi connectivity index (χ1) is 12.4. The third-order valence-electron chi connectivity index (χ3n) is 4.60. The summed E-state index contributed by atoms with van der Waals surface area (Å²) in [5.74, 6) is -2.16. The highest BCUT2D eigenvalue weighted by atomic mass is 35.5. The summed E-state index contributed by atoms with van der Waals surface area (Å²) in [7, 11) is 0. The van der Waals surface area contributed by atoms with Crippen LogP contribution in [0.4, 0.5) is 20.2 Å². The third kappa shape index (κ3) is 4.31. The molecule has 2 aromatic carbocycles. The number of piperazine rings is 1. The molecule has 1 atom stereocenters. The van der Waals surface area contributed by atoms with Crippen molar-refractivity contribution in [1.29, 1.82) is 0 Å². The molecule has 4 nitrogen and oxygen atoms in total. The average Bonchev–Trinajstić information content (AvgIpc) is 2.64. The molecule has 0 unspecified atom stereocenters. The molecule has 1 saturated heterocycles. The quantitative estimate of drug-likeness (QED) is 0.878. The maximum Gasteiger partial charge on any atom is 0.241 e. The van der Waals surface area contributed by atoms with Crippen LogP contribution in [0, 0.1) is 11.6 Å². The van der Waals surface area contributed by atoms with Gasteiger partial charge in [-0.1, -0.05) is 17.7 Å². The molecule has 0 spiro atoms. The number of benzene rings is 2. The van der Waals surface area contributed by atoms with E-state index in [1.54, 1.807) is 0 Å². The molecular weight excluding hydrogens is 360 g/mol. The summed E-state index contributed by atoms with van der Waals surface area (Å²) >= 11 is 6.04. The van der Waals surface area contributed by atoms with Gasteiger partial charge < -0.3 is 10.2 Å². The largest absolute Gasteiger partial charge is 0.369 e. The van der Waals surface area contributed by atoms with E-state index in [0.29, 0.717) is 5.02 Å². The zero-order valence-corrected chi connectivity index (χ0v) is 15.1. The van der Waals surface area contributed by atoms with Crippen LogP contribution >= 0.6 is 11.6 Å². The van der Waals surface area contributed by atoms with Gasteiger partial charge in [0, 0.05) is 48.6 Å². The lowest BCUT2D eigenvalue weighted by atomic mass is 10.2. The predicted molar refractivity (Wildman–Crippen MR) is 99.7 cm³/mol. The lowest BCUT2D eigenvalue weighted by Gasteiger charge is -2.38. The van der Waals surface area contributed by atoms with Gasteiger partial charge in [-0.2, -0.15) is 0 Å². The second-order valence-electron chi connectivity index (χ2n) is 6.30. The van der Waals surface area contributed by atoms with Crippen molar-refractivity contribution in [2.75, 3.05) is 36.4 Å². The standard InChI is InChI=1S/C19H20ClF2N3O/c1-13(19(26)23-15-5-6-17(21)18(22)12-15)24-7-9-25(10-8-24)16-4-2-3-14(20)11-16/h2-6,11-13H,7-10H2,1H3,(H,23,26)/t13-/m0/s1. The van der Waals surface area contributed by atoms with Gasteiger partial charge in [0.25, 0.3) is 0 Å². The van der Waals surface area contributed by atoms with Crippen LogP contribution in [-0.2, 0) is 4.79 Å². The zero-order valence-electron chi connectivity index (χ0n) is 14.4. The van der Waals surface area contributed by atoms with Crippen molar-refractivity contribution < 1.29 is 13.6 Å². The van der Waals surface area contributed by atoms with Crippen LogP contribution in [0.3, 0.4) is 0 Å². The Balaban J connectivity index is 1.56. The van der Waals surface area contributed by atoms with E-state index in [9.17, 15) is 13.6 Å². The molecule has 0 radical (unpaired) electrons. The van der Waals surface area contributed by atoms with E-state index in [-0.39, 0.29) is 17.6 Å². The Kier molecular flexibility index (Phi) is 5.74. The highest BCUT2D eigenvalue weighted by Gasteiger charge is 2.26. The lowest BCUT2D eigenvalue weighted by Crippen LogP contribution is -2.52. The fraction of sp³-hybridized carbons (Fsp3) is 0.316. The molecule has 3 rings (SSSR count). The van der Waals surface area contributed by atoms with Gasteiger partial charge in [-0.25, -0.2) is 8.78 Å². The van der Waals surface area contributed by atoms with E-state index >= 15 is 0 Å². The normalized spacial score (nSPS) is 16.4. The van der Waals surface area contributed by atoms with Gasteiger partial charge in [-0.05, 0) is 37.3 Å². The molecule has 1 fully saturated rings. The number of carbonyl (C=O) groups is 1. The Morgan fingerprint density at radius 2 is 1.81 bits per heavy atom. The molecule has 7 heteroatoms. The molecule has 1 aliphatic heterocycles. The fourth-order valence-corrected chi connectivity index (χ4v) is 3.21. The lowest BCUT2D eigenvalue weighted by molar-refractivity contribution is -0.120. The number of amides is 1. The highest BCUT2D eigenvalue weighted by Crippen LogP contribution is 2.21. The number of nitrogens with zero attached hydrogens (tertiary/aromatic N) is 2. The number of rotatable bonds is 4. The first-order valence-corrected chi connectivity index (χ1v) is 8.82. The first-order valence-electron chi connectivity index (χ1n) is 8.44. The number of nitrogens with one attached hydrogen (secondary N) is 1. The van der Waals surface area contributed by atoms with Crippen LogP contribution in [-0.4, -0.2) is 43.0 Å². The smallest absolute Gasteiger partial charge is 0.241 e. The Morgan fingerprint density at radius 1 is 1.08 bits per heavy atom. The van der Waals surface area contributed by atoms with Gasteiger partial charge >= 0.3 is 0 Å². The van der Waals surface area contributed by atoms with Crippen molar-refractivity contribution in [3.05, 3.63) is 59.1 Å².